The number of nitrogens with zero attached hydrogens (tertiary/aromatic N) is 2. The number of hydrogen-bond acceptors (Lipinski definition) is 15. The zero-order valence-electron chi connectivity index (χ0n) is 50.0. The average molecular weight is 1070 g/mol. The van der Waals surface area contributed by atoms with E-state index in [1.165, 1.54) is 0 Å². The average Bonchev–Trinajstić information content (AvgIpc) is 3.25. The van der Waals surface area contributed by atoms with Crippen molar-refractivity contribution in [2.24, 2.45) is 5.92 Å². The predicted octanol–water partition coefficient (Wildman–Crippen LogP) is 9.72. The quantitative estimate of drug-likeness (QED) is 0.108. The summed E-state index contributed by atoms with van der Waals surface area (Å²) < 4.78 is 36.9. The van der Waals surface area contributed by atoms with Crippen LogP contribution < -0.4 is 10.6 Å². The summed E-state index contributed by atoms with van der Waals surface area (Å²) in [5, 5.41) is 16.6. The van der Waals surface area contributed by atoms with Gasteiger partial charge in [-0.1, -0.05) is 42.8 Å². The molecule has 1 aromatic carbocycles. The second-order valence-electron chi connectivity index (χ2n) is 28.7. The summed E-state index contributed by atoms with van der Waals surface area (Å²) in [5.74, 6) is -4.03. The highest BCUT2D eigenvalue weighted by Gasteiger charge is 2.52. The van der Waals surface area contributed by atoms with Crippen LogP contribution in [0.25, 0.3) is 6.08 Å². The lowest BCUT2D eigenvalue weighted by Crippen LogP contribution is -2.61. The Morgan fingerprint density at radius 3 is 1.24 bits per heavy atom. The molecule has 15 nitrogen and oxygen atoms in total. The van der Waals surface area contributed by atoms with Crippen LogP contribution in [0.4, 0.5) is 0 Å². The van der Waals surface area contributed by atoms with E-state index in [9.17, 15) is 24.3 Å². The third-order valence-electron chi connectivity index (χ3n) is 17.4. The van der Waals surface area contributed by atoms with Crippen molar-refractivity contribution in [3.05, 3.63) is 41.5 Å². The molecule has 0 radical (unpaired) electrons. The first-order chi connectivity index (χ1) is 34.8. The fourth-order valence-electron chi connectivity index (χ4n) is 14.0. The summed E-state index contributed by atoms with van der Waals surface area (Å²) in [7, 11) is 4.21. The van der Waals surface area contributed by atoms with E-state index >= 15 is 0 Å². The predicted molar refractivity (Wildman–Crippen MR) is 296 cm³/mol. The lowest BCUT2D eigenvalue weighted by atomic mass is 9.78. The Morgan fingerprint density at radius 2 is 0.895 bits per heavy atom. The van der Waals surface area contributed by atoms with Crippen LogP contribution in [0.3, 0.4) is 0 Å². The Morgan fingerprint density at radius 1 is 0.553 bits per heavy atom. The summed E-state index contributed by atoms with van der Waals surface area (Å²) in [6.45, 7) is 34.2. The Labute approximate surface area is 457 Å². The molecule has 6 aliphatic rings. The molecule has 76 heavy (non-hydrogen) atoms. The Balaban J connectivity index is 0.000000247. The zero-order valence-corrected chi connectivity index (χ0v) is 50.0. The van der Waals surface area contributed by atoms with Gasteiger partial charge in [-0.3, -0.25) is 19.4 Å². The van der Waals surface area contributed by atoms with Crippen LogP contribution in [0.1, 0.15) is 212 Å². The number of esters is 4. The Bertz CT molecular complexity index is 2040. The molecule has 6 fully saturated rings. The van der Waals surface area contributed by atoms with Crippen molar-refractivity contribution < 1.29 is 52.7 Å². The van der Waals surface area contributed by atoms with Crippen molar-refractivity contribution in [2.75, 3.05) is 14.1 Å². The first-order valence-electron chi connectivity index (χ1n) is 28.5. The fraction of sp³-hybridized carbons (Fsp3) is 0.803. The highest BCUT2D eigenvalue weighted by Crippen LogP contribution is 2.43. The van der Waals surface area contributed by atoms with Crippen molar-refractivity contribution in [1.29, 1.82) is 0 Å². The van der Waals surface area contributed by atoms with Crippen molar-refractivity contribution in [3.63, 3.8) is 0 Å². The van der Waals surface area contributed by atoms with Crippen LogP contribution in [-0.2, 0) is 54.2 Å². The van der Waals surface area contributed by atoms with E-state index in [0.29, 0.717) is 38.5 Å². The number of carbonyl (C=O) groups excluding carboxylic acids is 4. The number of aliphatic hydroxyl groups excluding tert-OH is 1. The van der Waals surface area contributed by atoms with E-state index in [-0.39, 0.29) is 81.8 Å². The monoisotopic (exact) mass is 1060 g/mol. The lowest BCUT2D eigenvalue weighted by Gasteiger charge is -2.53. The summed E-state index contributed by atoms with van der Waals surface area (Å²) in [6.07, 6.45) is 10.7. The van der Waals surface area contributed by atoms with Crippen LogP contribution in [0.2, 0.25) is 0 Å². The molecule has 0 amide bonds. The van der Waals surface area contributed by atoms with E-state index < -0.39 is 47.8 Å². The molecule has 7 rings (SSSR count). The zero-order chi connectivity index (χ0) is 56.7. The number of nitrogens with one attached hydrogen (secondary N) is 2. The van der Waals surface area contributed by atoms with E-state index in [2.05, 4.69) is 145 Å². The second-order valence-corrected chi connectivity index (χ2v) is 28.7. The maximum atomic E-state index is 13.6. The van der Waals surface area contributed by atoms with Gasteiger partial charge < -0.3 is 44.2 Å². The molecule has 2 atom stereocenters. The van der Waals surface area contributed by atoms with Gasteiger partial charge in [0.25, 0.3) is 0 Å². The summed E-state index contributed by atoms with van der Waals surface area (Å²) in [5.41, 5.74) is 0.427. The van der Waals surface area contributed by atoms with Crippen molar-refractivity contribution in [2.45, 2.75) is 294 Å². The maximum absolute atomic E-state index is 13.6. The number of piperidine rings is 4. The maximum Gasteiger partial charge on any atom is 0.335 e. The van der Waals surface area contributed by atoms with Crippen LogP contribution in [0, 0.1) is 5.92 Å². The fourth-order valence-corrected chi connectivity index (χ4v) is 14.0. The molecule has 0 aromatic heterocycles. The SMILES string of the molecule is CC1(C)CC(OC(=O)C2CC(C(=O)OC3CC(C)(C)NC(C)(C)C3)OC3(CCCCC3)O2)CC(C)(C)N1.CN1C(C)(C)CC(OC(=O)C(C=Cc2ccc(CO)cc2)C(=O)OC2CC(C)(C)N(C)C(C)(C)C2)CC1(C)C. The topological polar surface area (TPSA) is 174 Å². The first-order valence-corrected chi connectivity index (χ1v) is 28.5. The van der Waals surface area contributed by atoms with Gasteiger partial charge in [-0.05, 0) is 149 Å². The van der Waals surface area contributed by atoms with Gasteiger partial charge in [0.2, 0.25) is 0 Å². The van der Waals surface area contributed by atoms with Crippen LogP contribution >= 0.6 is 0 Å². The van der Waals surface area contributed by atoms with Gasteiger partial charge in [-0.2, -0.15) is 0 Å². The van der Waals surface area contributed by atoms with E-state index in [1.54, 1.807) is 12.2 Å². The summed E-state index contributed by atoms with van der Waals surface area (Å²) in [6, 6.07) is 7.33. The van der Waals surface area contributed by atoms with Crippen molar-refractivity contribution in [1.82, 2.24) is 20.4 Å². The minimum Gasteiger partial charge on any atom is -0.461 e. The van der Waals surface area contributed by atoms with Gasteiger partial charge in [0, 0.05) is 115 Å². The molecular formula is C61H100N4O11. The van der Waals surface area contributed by atoms with Gasteiger partial charge in [0.1, 0.15) is 24.4 Å². The molecule has 1 aliphatic carbocycles. The third kappa shape index (κ3) is 16.1. The molecule has 1 saturated carbocycles. The second kappa shape index (κ2) is 23.0. The highest BCUT2D eigenvalue weighted by molar-refractivity contribution is 5.98. The van der Waals surface area contributed by atoms with Crippen molar-refractivity contribution in [3.8, 4) is 0 Å². The third-order valence-corrected chi connectivity index (χ3v) is 17.4. The highest BCUT2D eigenvalue weighted by atomic mass is 16.7. The Hall–Kier alpha value is -3.44. The number of carbonyl (C=O) groups is 4. The normalized spacial score (nSPS) is 28.2. The smallest absolute Gasteiger partial charge is 0.335 e. The number of benzene rings is 1. The number of rotatable bonds is 11. The number of ether oxygens (including phenoxy) is 6. The summed E-state index contributed by atoms with van der Waals surface area (Å²) >= 11 is 0. The van der Waals surface area contributed by atoms with Gasteiger partial charge in [-0.15, -0.1) is 0 Å². The van der Waals surface area contributed by atoms with Crippen LogP contribution in [0.5, 0.6) is 0 Å². The summed E-state index contributed by atoms with van der Waals surface area (Å²) in [4.78, 5) is 58.8. The van der Waals surface area contributed by atoms with Crippen molar-refractivity contribution >= 4 is 30.0 Å². The molecule has 2 unspecified atom stereocenters. The molecular weight excluding hydrogens is 965 g/mol. The molecule has 1 aromatic rings. The number of aliphatic hydroxyl groups is 1. The van der Waals surface area contributed by atoms with E-state index in [1.807, 2.05) is 24.3 Å². The lowest BCUT2D eigenvalue weighted by molar-refractivity contribution is -0.324. The minimum absolute atomic E-state index is 0.0438. The van der Waals surface area contributed by atoms with Gasteiger partial charge in [-0.25, -0.2) is 9.59 Å². The van der Waals surface area contributed by atoms with E-state index in [0.717, 1.165) is 56.1 Å². The molecule has 15 heteroatoms. The molecule has 5 aliphatic heterocycles. The molecule has 3 N–H and O–H groups in total. The first kappa shape index (κ1) is 61.8. The van der Waals surface area contributed by atoms with Gasteiger partial charge in [0.05, 0.1) is 6.61 Å². The largest absolute Gasteiger partial charge is 0.461 e. The minimum atomic E-state index is -1.17. The standard InChI is InChI=1S/C32H50N2O5.C29H50N2O6/c1-29(2)17-24(18-30(3,4)33(29)9)38-27(36)26(16-15-22-11-13-23(21-35)14-12-22)28(37)39-25-19-31(5,6)34(10)32(7,8)20-25;1-25(2)15-19(16-26(3,4)30-25)34-23(32)21-14-22(37-29(36-21)12-10-9-11-13-29)24(33)35-20-17-27(5,6)31-28(7,8)18-20/h11-16,24-26,35H,17-21H2,1-10H3;19-22,30-31H,9-18H2,1-8H3. The molecule has 5 heterocycles. The van der Waals surface area contributed by atoms with Crippen LogP contribution in [-0.4, -0.2) is 140 Å². The van der Waals surface area contributed by atoms with Gasteiger partial charge >= 0.3 is 23.9 Å². The van der Waals surface area contributed by atoms with E-state index in [4.69, 9.17) is 28.4 Å². The number of likely N-dealkylation sites (tertiary alicyclic amines) is 2. The molecule has 1 spiro atoms. The molecule has 430 valence electrons. The van der Waals surface area contributed by atoms with Gasteiger partial charge in [0.15, 0.2) is 23.9 Å². The van der Waals surface area contributed by atoms with Crippen LogP contribution in [0.15, 0.2) is 30.3 Å². The Kier molecular flexibility index (Phi) is 18.7. The number of hydrogen-bond donors (Lipinski definition) is 3. The molecule has 5 saturated heterocycles. The molecule has 0 bridgehead atoms.